The van der Waals surface area contributed by atoms with Crippen molar-refractivity contribution in [3.63, 3.8) is 0 Å². The van der Waals surface area contributed by atoms with E-state index in [-0.39, 0.29) is 0 Å². The molecule has 0 aromatic heterocycles. The quantitative estimate of drug-likeness (QED) is 0.396. The molecule has 2 N–H and O–H groups in total. The highest BCUT2D eigenvalue weighted by atomic mass is 32.1. The smallest absolute Gasteiger partial charge is 0.187 e. The fourth-order valence-electron chi connectivity index (χ4n) is 3.76. The van der Waals surface area contributed by atoms with Crippen LogP contribution in [0.4, 0.5) is 0 Å². The van der Waals surface area contributed by atoms with Crippen LogP contribution >= 0.6 is 12.2 Å². The zero-order valence-electron chi connectivity index (χ0n) is 16.2. The number of hydrazone groups is 1. The molecule has 0 unspecified atom stereocenters. The van der Waals surface area contributed by atoms with Crippen molar-refractivity contribution in [3.8, 4) is 11.1 Å². The molecule has 2 aromatic rings. The van der Waals surface area contributed by atoms with E-state index in [1.807, 2.05) is 6.92 Å². The van der Waals surface area contributed by atoms with Crippen molar-refractivity contribution >= 4 is 23.0 Å². The zero-order chi connectivity index (χ0) is 19.3. The molecular weight excluding hydrogens is 368 g/mol. The summed E-state index contributed by atoms with van der Waals surface area (Å²) in [5.41, 5.74) is 10.5. The van der Waals surface area contributed by atoms with Crippen LogP contribution in [0.3, 0.4) is 0 Å². The van der Waals surface area contributed by atoms with Crippen LogP contribution < -0.4 is 10.7 Å². The second kappa shape index (κ2) is 8.82. The summed E-state index contributed by atoms with van der Waals surface area (Å²) >= 11 is 5.34. The van der Waals surface area contributed by atoms with Gasteiger partial charge in [-0.1, -0.05) is 36.4 Å². The van der Waals surface area contributed by atoms with Crippen molar-refractivity contribution in [2.24, 2.45) is 5.10 Å². The first-order valence-electron chi connectivity index (χ1n) is 9.80. The van der Waals surface area contributed by atoms with Gasteiger partial charge in [-0.05, 0) is 59.4 Å². The minimum atomic E-state index is 0.557. The Morgan fingerprint density at radius 1 is 1.11 bits per heavy atom. The molecule has 1 fully saturated rings. The first kappa shape index (κ1) is 19.1. The monoisotopic (exact) mass is 394 g/mol. The minimum absolute atomic E-state index is 0.557. The first-order chi connectivity index (χ1) is 13.7. The van der Waals surface area contributed by atoms with E-state index in [4.69, 9.17) is 17.0 Å². The van der Waals surface area contributed by atoms with Crippen LogP contribution in [0.2, 0.25) is 0 Å². The normalized spacial score (nSPS) is 16.4. The highest BCUT2D eigenvalue weighted by Gasteiger charge is 2.18. The number of hydrogen-bond acceptors (Lipinski definition) is 4. The number of nitrogens with one attached hydrogen (secondary N) is 2. The molecular formula is C22H26N4OS. The summed E-state index contributed by atoms with van der Waals surface area (Å²) in [5.74, 6) is 0. The lowest BCUT2D eigenvalue weighted by atomic mass is 10.0. The predicted molar refractivity (Wildman–Crippen MR) is 118 cm³/mol. The van der Waals surface area contributed by atoms with Crippen molar-refractivity contribution in [2.45, 2.75) is 13.3 Å². The maximum atomic E-state index is 5.36. The lowest BCUT2D eigenvalue weighted by Crippen LogP contribution is -2.42. The summed E-state index contributed by atoms with van der Waals surface area (Å²) < 4.78 is 5.36. The molecule has 4 rings (SSSR count). The number of fused-ring (bicyclic) bond motifs is 3. The molecule has 2 aliphatic rings. The van der Waals surface area contributed by atoms with Crippen LogP contribution in [0.5, 0.6) is 0 Å². The Balaban J connectivity index is 1.30. The molecule has 1 heterocycles. The van der Waals surface area contributed by atoms with Gasteiger partial charge in [-0.3, -0.25) is 10.3 Å². The molecule has 0 bridgehead atoms. The largest absolute Gasteiger partial charge is 0.379 e. The van der Waals surface area contributed by atoms with Crippen molar-refractivity contribution in [2.75, 3.05) is 39.4 Å². The first-order valence-corrected chi connectivity index (χ1v) is 10.2. The third-order valence-corrected chi connectivity index (χ3v) is 5.59. The van der Waals surface area contributed by atoms with E-state index in [9.17, 15) is 0 Å². The van der Waals surface area contributed by atoms with E-state index >= 15 is 0 Å². The van der Waals surface area contributed by atoms with Crippen molar-refractivity contribution in [3.05, 3.63) is 59.2 Å². The molecule has 0 spiro atoms. The van der Waals surface area contributed by atoms with Crippen LogP contribution in [0.1, 0.15) is 23.6 Å². The average Bonchev–Trinajstić information content (AvgIpc) is 3.10. The van der Waals surface area contributed by atoms with Crippen molar-refractivity contribution < 1.29 is 4.74 Å². The Bertz CT molecular complexity index is 890. The Kier molecular flexibility index (Phi) is 6.00. The zero-order valence-corrected chi connectivity index (χ0v) is 17.0. The Morgan fingerprint density at radius 2 is 1.89 bits per heavy atom. The fraction of sp³-hybridized carbons (Fsp3) is 0.364. The summed E-state index contributed by atoms with van der Waals surface area (Å²) in [6.07, 6.45) is 0.988. The number of nitrogens with zero attached hydrogens (tertiary/aromatic N) is 2. The number of ether oxygens (including phenoxy) is 1. The van der Waals surface area contributed by atoms with E-state index in [0.29, 0.717) is 5.11 Å². The van der Waals surface area contributed by atoms with E-state index in [1.165, 1.54) is 22.3 Å². The number of benzene rings is 2. The van der Waals surface area contributed by atoms with Crippen LogP contribution in [0.25, 0.3) is 11.1 Å². The third-order valence-electron chi connectivity index (χ3n) is 5.35. The molecule has 28 heavy (non-hydrogen) atoms. The Hall–Kier alpha value is -2.28. The van der Waals surface area contributed by atoms with Crippen molar-refractivity contribution in [1.82, 2.24) is 15.6 Å². The van der Waals surface area contributed by atoms with Gasteiger partial charge in [0.1, 0.15) is 0 Å². The molecule has 0 radical (unpaired) electrons. The van der Waals surface area contributed by atoms with Gasteiger partial charge in [0.15, 0.2) is 5.11 Å². The predicted octanol–water partition coefficient (Wildman–Crippen LogP) is 2.78. The number of hydrogen-bond donors (Lipinski definition) is 2. The van der Waals surface area contributed by atoms with E-state index in [2.05, 4.69) is 63.2 Å². The van der Waals surface area contributed by atoms with E-state index in [0.717, 1.165) is 57.1 Å². The van der Waals surface area contributed by atoms with Gasteiger partial charge < -0.3 is 10.1 Å². The van der Waals surface area contributed by atoms with Crippen LogP contribution in [-0.2, 0) is 11.2 Å². The second-order valence-electron chi connectivity index (χ2n) is 7.22. The molecule has 5 nitrogen and oxygen atoms in total. The standard InChI is InChI=1S/C22H26N4OS/c1-16(24-25-22(28)23-8-9-26-10-12-27-13-11-26)17-6-7-21-19(14-17)15-18-4-2-3-5-20(18)21/h2-7,14H,8-13,15H2,1H3,(H2,23,25,28)/b24-16-. The van der Waals surface area contributed by atoms with Gasteiger partial charge in [0.05, 0.1) is 18.9 Å². The topological polar surface area (TPSA) is 48.9 Å². The highest BCUT2D eigenvalue weighted by molar-refractivity contribution is 7.80. The van der Waals surface area contributed by atoms with E-state index in [1.54, 1.807) is 0 Å². The molecule has 1 saturated heterocycles. The van der Waals surface area contributed by atoms with Gasteiger partial charge in [0, 0.05) is 26.2 Å². The molecule has 0 atom stereocenters. The second-order valence-corrected chi connectivity index (χ2v) is 7.63. The fourth-order valence-corrected chi connectivity index (χ4v) is 3.91. The molecule has 1 aliphatic heterocycles. The summed E-state index contributed by atoms with van der Waals surface area (Å²) in [6.45, 7) is 7.38. The van der Waals surface area contributed by atoms with Gasteiger partial charge in [0.25, 0.3) is 0 Å². The minimum Gasteiger partial charge on any atom is -0.379 e. The maximum Gasteiger partial charge on any atom is 0.187 e. The SMILES string of the molecule is C/C(=N/NC(=S)NCCN1CCOCC1)c1ccc2c(c1)Cc1ccccc1-2. The summed E-state index contributed by atoms with van der Waals surface area (Å²) in [6, 6.07) is 15.2. The maximum absolute atomic E-state index is 5.36. The van der Waals surface area contributed by atoms with Gasteiger partial charge in [0.2, 0.25) is 0 Å². The van der Waals surface area contributed by atoms with Gasteiger partial charge in [-0.15, -0.1) is 0 Å². The molecule has 1 aliphatic carbocycles. The average molecular weight is 395 g/mol. The Morgan fingerprint density at radius 3 is 2.75 bits per heavy atom. The van der Waals surface area contributed by atoms with Crippen LogP contribution in [0, 0.1) is 0 Å². The third kappa shape index (κ3) is 4.41. The molecule has 0 amide bonds. The molecule has 6 heteroatoms. The summed E-state index contributed by atoms with van der Waals surface area (Å²) in [5, 5.41) is 8.24. The van der Waals surface area contributed by atoms with Crippen LogP contribution in [0.15, 0.2) is 47.6 Å². The Labute approximate surface area is 171 Å². The van der Waals surface area contributed by atoms with Gasteiger partial charge >= 0.3 is 0 Å². The lowest BCUT2D eigenvalue weighted by molar-refractivity contribution is 0.0389. The molecule has 0 saturated carbocycles. The van der Waals surface area contributed by atoms with Gasteiger partial charge in [-0.2, -0.15) is 5.10 Å². The summed E-state index contributed by atoms with van der Waals surface area (Å²) in [7, 11) is 0. The van der Waals surface area contributed by atoms with Crippen molar-refractivity contribution in [1.29, 1.82) is 0 Å². The lowest BCUT2D eigenvalue weighted by Gasteiger charge is -2.26. The number of morpholine rings is 1. The summed E-state index contributed by atoms with van der Waals surface area (Å²) in [4.78, 5) is 2.37. The number of rotatable bonds is 5. The highest BCUT2D eigenvalue weighted by Crippen LogP contribution is 2.36. The number of thiocarbonyl (C=S) groups is 1. The van der Waals surface area contributed by atoms with Gasteiger partial charge in [-0.25, -0.2) is 0 Å². The van der Waals surface area contributed by atoms with Crippen LogP contribution in [-0.4, -0.2) is 55.1 Å². The molecule has 146 valence electrons. The van der Waals surface area contributed by atoms with E-state index < -0.39 is 0 Å². The molecule has 2 aromatic carbocycles.